The number of hydrogen-bond donors (Lipinski definition) is 1. The highest BCUT2D eigenvalue weighted by Gasteiger charge is 2.13. The Bertz CT molecular complexity index is 903. The summed E-state index contributed by atoms with van der Waals surface area (Å²) < 4.78 is 7.24. The van der Waals surface area contributed by atoms with E-state index < -0.39 is 6.10 Å². The summed E-state index contributed by atoms with van der Waals surface area (Å²) in [5, 5.41) is 31.2. The zero-order valence-electron chi connectivity index (χ0n) is 14.8. The lowest BCUT2D eigenvalue weighted by atomic mass is 10.2. The minimum atomic E-state index is -0.669. The maximum Gasteiger partial charge on any atom is 0.214 e. The normalized spacial score (nSPS) is 11.7. The first-order valence-electron chi connectivity index (χ1n) is 8.40. The first kappa shape index (κ1) is 18.9. The second-order valence-corrected chi connectivity index (χ2v) is 6.95. The predicted molar refractivity (Wildman–Crippen MR) is 102 cm³/mol. The van der Waals surface area contributed by atoms with Crippen LogP contribution in [0.1, 0.15) is 11.1 Å². The fourth-order valence-corrected chi connectivity index (χ4v) is 3.12. The molecule has 1 aromatic heterocycles. The van der Waals surface area contributed by atoms with Gasteiger partial charge >= 0.3 is 0 Å². The maximum absolute atomic E-state index is 10.2. The Labute approximate surface area is 161 Å². The standard InChI is InChI=1S/C19H19N5O2S/c1-14-2-6-16(7-3-14)24-19(21-22-23-24)27-13-17(25)12-26-18-8-4-15(5-9-18)10-11-20/h2-9,17,25H,10,12-13H2,1H3/t17-/m1/s1. The minimum absolute atomic E-state index is 0.163. The highest BCUT2D eigenvalue weighted by atomic mass is 32.2. The van der Waals surface area contributed by atoms with Crippen molar-refractivity contribution in [1.29, 1.82) is 5.26 Å². The molecule has 1 N–H and O–H groups in total. The topological polar surface area (TPSA) is 96.8 Å². The average Bonchev–Trinajstić information content (AvgIpc) is 3.15. The zero-order chi connectivity index (χ0) is 19.1. The van der Waals surface area contributed by atoms with E-state index in [1.165, 1.54) is 11.8 Å². The van der Waals surface area contributed by atoms with Gasteiger partial charge in [0.05, 0.1) is 24.3 Å². The molecule has 0 radical (unpaired) electrons. The lowest BCUT2D eigenvalue weighted by Crippen LogP contribution is -2.20. The summed E-state index contributed by atoms with van der Waals surface area (Å²) in [5.41, 5.74) is 2.97. The van der Waals surface area contributed by atoms with E-state index in [2.05, 4.69) is 21.6 Å². The molecule has 0 unspecified atom stereocenters. The van der Waals surface area contributed by atoms with E-state index in [1.54, 1.807) is 16.8 Å². The van der Waals surface area contributed by atoms with Gasteiger partial charge in [-0.3, -0.25) is 0 Å². The fourth-order valence-electron chi connectivity index (χ4n) is 2.32. The lowest BCUT2D eigenvalue weighted by molar-refractivity contribution is 0.126. The average molecular weight is 381 g/mol. The number of aliphatic hydroxyl groups excluding tert-OH is 1. The molecule has 0 saturated carbocycles. The van der Waals surface area contributed by atoms with Crippen LogP contribution in [-0.4, -0.2) is 43.8 Å². The van der Waals surface area contributed by atoms with Crippen LogP contribution >= 0.6 is 11.8 Å². The van der Waals surface area contributed by atoms with Crippen molar-refractivity contribution in [2.75, 3.05) is 12.4 Å². The van der Waals surface area contributed by atoms with Gasteiger partial charge < -0.3 is 9.84 Å². The first-order chi connectivity index (χ1) is 13.2. The molecule has 0 fully saturated rings. The molecular weight excluding hydrogens is 362 g/mol. The third-order valence-electron chi connectivity index (χ3n) is 3.77. The van der Waals surface area contributed by atoms with Gasteiger partial charge in [-0.05, 0) is 47.2 Å². The lowest BCUT2D eigenvalue weighted by Gasteiger charge is -2.12. The Morgan fingerprint density at radius 2 is 1.93 bits per heavy atom. The second-order valence-electron chi connectivity index (χ2n) is 5.96. The number of benzene rings is 2. The van der Waals surface area contributed by atoms with E-state index in [-0.39, 0.29) is 6.61 Å². The summed E-state index contributed by atoms with van der Waals surface area (Å²) in [5.74, 6) is 1.06. The zero-order valence-corrected chi connectivity index (χ0v) is 15.6. The number of aryl methyl sites for hydroxylation is 1. The summed E-state index contributed by atoms with van der Waals surface area (Å²) >= 11 is 1.37. The van der Waals surface area contributed by atoms with Gasteiger partial charge in [-0.2, -0.15) is 9.94 Å². The number of rotatable bonds is 8. The fraction of sp³-hybridized carbons (Fsp3) is 0.263. The number of hydrogen-bond acceptors (Lipinski definition) is 7. The van der Waals surface area contributed by atoms with Crippen molar-refractivity contribution in [2.45, 2.75) is 24.6 Å². The van der Waals surface area contributed by atoms with Gasteiger partial charge in [-0.1, -0.05) is 41.6 Å². The Hall–Kier alpha value is -2.89. The quantitative estimate of drug-likeness (QED) is 0.599. The predicted octanol–water partition coefficient (Wildman–Crippen LogP) is 2.57. The number of tetrazole rings is 1. The molecular formula is C19H19N5O2S. The van der Waals surface area contributed by atoms with Crippen molar-refractivity contribution in [3.8, 4) is 17.5 Å². The molecule has 1 atom stereocenters. The van der Waals surface area contributed by atoms with E-state index in [9.17, 15) is 5.11 Å². The van der Waals surface area contributed by atoms with Crippen LogP contribution < -0.4 is 4.74 Å². The van der Waals surface area contributed by atoms with Gasteiger partial charge in [0.25, 0.3) is 0 Å². The van der Waals surface area contributed by atoms with Crippen LogP contribution in [0.25, 0.3) is 5.69 Å². The van der Waals surface area contributed by atoms with Gasteiger partial charge in [0.15, 0.2) is 0 Å². The Morgan fingerprint density at radius 1 is 1.19 bits per heavy atom. The van der Waals surface area contributed by atoms with Crippen LogP contribution in [0.2, 0.25) is 0 Å². The molecule has 3 rings (SSSR count). The molecule has 0 saturated heterocycles. The maximum atomic E-state index is 10.2. The van der Waals surface area contributed by atoms with Gasteiger partial charge in [-0.25, -0.2) is 0 Å². The van der Waals surface area contributed by atoms with Crippen molar-refractivity contribution in [1.82, 2.24) is 20.2 Å². The number of nitriles is 1. The molecule has 7 nitrogen and oxygen atoms in total. The van der Waals surface area contributed by atoms with E-state index >= 15 is 0 Å². The smallest absolute Gasteiger partial charge is 0.214 e. The van der Waals surface area contributed by atoms with Crippen molar-refractivity contribution in [3.63, 3.8) is 0 Å². The monoisotopic (exact) mass is 381 g/mol. The van der Waals surface area contributed by atoms with Crippen LogP contribution in [0.15, 0.2) is 53.7 Å². The Balaban J connectivity index is 1.51. The molecule has 2 aromatic carbocycles. The molecule has 138 valence electrons. The molecule has 8 heteroatoms. The number of thioether (sulfide) groups is 1. The van der Waals surface area contributed by atoms with Gasteiger partial charge in [0, 0.05) is 5.75 Å². The number of aromatic nitrogens is 4. The van der Waals surface area contributed by atoms with E-state index in [4.69, 9.17) is 10.00 Å². The Morgan fingerprint density at radius 3 is 2.63 bits per heavy atom. The van der Waals surface area contributed by atoms with Crippen molar-refractivity contribution >= 4 is 11.8 Å². The van der Waals surface area contributed by atoms with Crippen LogP contribution in [0.5, 0.6) is 5.75 Å². The van der Waals surface area contributed by atoms with E-state index in [0.717, 1.165) is 16.8 Å². The van der Waals surface area contributed by atoms with Crippen LogP contribution in [0, 0.1) is 18.3 Å². The summed E-state index contributed by atoms with van der Waals surface area (Å²) in [7, 11) is 0. The molecule has 0 aliphatic rings. The van der Waals surface area contributed by atoms with Gasteiger partial charge in [-0.15, -0.1) is 5.10 Å². The highest BCUT2D eigenvalue weighted by molar-refractivity contribution is 7.99. The van der Waals surface area contributed by atoms with Gasteiger partial charge in [0.1, 0.15) is 12.4 Å². The minimum Gasteiger partial charge on any atom is -0.491 e. The SMILES string of the molecule is Cc1ccc(-n2nnnc2SC[C@H](O)COc2ccc(CC#N)cc2)cc1. The summed E-state index contributed by atoms with van der Waals surface area (Å²) in [4.78, 5) is 0. The van der Waals surface area contributed by atoms with E-state index in [0.29, 0.717) is 23.1 Å². The summed E-state index contributed by atoms with van der Waals surface area (Å²) in [6.07, 6.45) is -0.299. The molecule has 0 amide bonds. The molecule has 0 spiro atoms. The third-order valence-corrected chi connectivity index (χ3v) is 4.84. The van der Waals surface area contributed by atoms with Crippen molar-refractivity contribution < 1.29 is 9.84 Å². The Kier molecular flexibility index (Phi) is 6.41. The van der Waals surface area contributed by atoms with Crippen molar-refractivity contribution in [2.24, 2.45) is 0 Å². The first-order valence-corrected chi connectivity index (χ1v) is 9.39. The molecule has 0 aliphatic heterocycles. The van der Waals surface area contributed by atoms with Crippen LogP contribution in [-0.2, 0) is 6.42 Å². The molecule has 0 aliphatic carbocycles. The summed E-state index contributed by atoms with van der Waals surface area (Å²) in [6, 6.07) is 17.3. The highest BCUT2D eigenvalue weighted by Crippen LogP contribution is 2.20. The largest absolute Gasteiger partial charge is 0.491 e. The van der Waals surface area contributed by atoms with Crippen LogP contribution in [0.4, 0.5) is 0 Å². The number of aliphatic hydroxyl groups is 1. The molecule has 3 aromatic rings. The third kappa shape index (κ3) is 5.29. The second kappa shape index (κ2) is 9.16. The van der Waals surface area contributed by atoms with E-state index in [1.807, 2.05) is 43.3 Å². The summed E-state index contributed by atoms with van der Waals surface area (Å²) in [6.45, 7) is 2.18. The van der Waals surface area contributed by atoms with Crippen LogP contribution in [0.3, 0.4) is 0 Å². The molecule has 0 bridgehead atoms. The number of nitrogens with zero attached hydrogens (tertiary/aromatic N) is 5. The molecule has 27 heavy (non-hydrogen) atoms. The van der Waals surface area contributed by atoms with Crippen molar-refractivity contribution in [3.05, 3.63) is 59.7 Å². The number of ether oxygens (including phenoxy) is 1. The molecule has 1 heterocycles. The van der Waals surface area contributed by atoms with Gasteiger partial charge in [0.2, 0.25) is 5.16 Å².